The van der Waals surface area contributed by atoms with Crippen LogP contribution in [0.4, 0.5) is 0 Å². The molecule has 0 bridgehead atoms. The van der Waals surface area contributed by atoms with E-state index in [4.69, 9.17) is 9.72 Å². The number of rotatable bonds is 9. The van der Waals surface area contributed by atoms with E-state index in [1.807, 2.05) is 36.6 Å². The van der Waals surface area contributed by atoms with E-state index in [-0.39, 0.29) is 24.2 Å². The summed E-state index contributed by atoms with van der Waals surface area (Å²) >= 11 is 1.67. The van der Waals surface area contributed by atoms with Crippen LogP contribution in [0.15, 0.2) is 29.6 Å². The number of amides is 3. The Kier molecular flexibility index (Phi) is 9.36. The molecule has 1 aliphatic rings. The van der Waals surface area contributed by atoms with E-state index in [2.05, 4.69) is 10.6 Å². The second-order valence-corrected chi connectivity index (χ2v) is 9.64. The average molecular weight is 501 g/mol. The summed E-state index contributed by atoms with van der Waals surface area (Å²) in [4.78, 5) is 56.6. The molecule has 3 rings (SSSR count). The summed E-state index contributed by atoms with van der Waals surface area (Å²) in [6.07, 6.45) is 1.93. The number of pyridine rings is 1. The molecule has 0 radical (unpaired) electrons. The Bertz CT molecular complexity index is 1050. The largest absolute Gasteiger partial charge is 0.467 e. The molecular weight excluding hydrogens is 468 g/mol. The van der Waals surface area contributed by atoms with Gasteiger partial charge in [-0.25, -0.2) is 4.79 Å². The summed E-state index contributed by atoms with van der Waals surface area (Å²) in [6.45, 7) is 4.70. The molecule has 1 fully saturated rings. The highest BCUT2D eigenvalue weighted by Gasteiger charge is 2.31. The molecule has 9 nitrogen and oxygen atoms in total. The van der Waals surface area contributed by atoms with Crippen molar-refractivity contribution < 1.29 is 23.9 Å². The Balaban J connectivity index is 1.60. The van der Waals surface area contributed by atoms with Gasteiger partial charge in [0.15, 0.2) is 0 Å². The number of likely N-dealkylation sites (tertiary alicyclic amines) is 1. The Morgan fingerprint density at radius 2 is 1.94 bits per heavy atom. The van der Waals surface area contributed by atoms with Crippen molar-refractivity contribution in [3.63, 3.8) is 0 Å². The van der Waals surface area contributed by atoms with Gasteiger partial charge in [-0.2, -0.15) is 0 Å². The van der Waals surface area contributed by atoms with Gasteiger partial charge in [0, 0.05) is 43.0 Å². The molecule has 3 heterocycles. The number of carbonyl (C=O) groups is 4. The van der Waals surface area contributed by atoms with Crippen molar-refractivity contribution in [2.75, 3.05) is 26.7 Å². The average Bonchev–Trinajstić information content (AvgIpc) is 3.36. The maximum absolute atomic E-state index is 12.9. The van der Waals surface area contributed by atoms with Gasteiger partial charge in [0.1, 0.15) is 6.04 Å². The summed E-state index contributed by atoms with van der Waals surface area (Å²) in [5.41, 5.74) is 2.17. The third-order valence-electron chi connectivity index (χ3n) is 6.02. The molecule has 0 aromatic carbocycles. The van der Waals surface area contributed by atoms with Crippen molar-refractivity contribution in [2.24, 2.45) is 0 Å². The fraction of sp³-hybridized carbons (Fsp3) is 0.480. The topological polar surface area (TPSA) is 118 Å². The van der Waals surface area contributed by atoms with Crippen molar-refractivity contribution >= 4 is 35.0 Å². The summed E-state index contributed by atoms with van der Waals surface area (Å²) < 4.78 is 4.70. The van der Waals surface area contributed by atoms with Crippen LogP contribution in [0.5, 0.6) is 0 Å². The van der Waals surface area contributed by atoms with Gasteiger partial charge in [-0.3, -0.25) is 19.4 Å². The fourth-order valence-electron chi connectivity index (χ4n) is 4.22. The SMILES string of the molecule is COC(=O)C(CC(=O)N1CCC(c2nc(C)ccc2C(=O)NCCc2cccs2)CC1)NC(C)=O. The number of nitrogens with one attached hydrogen (secondary N) is 2. The quantitative estimate of drug-likeness (QED) is 0.510. The van der Waals surface area contributed by atoms with Crippen LogP contribution in [0, 0.1) is 6.92 Å². The van der Waals surface area contributed by atoms with Crippen LogP contribution in [0.1, 0.15) is 58.7 Å². The molecule has 0 aliphatic carbocycles. The van der Waals surface area contributed by atoms with Gasteiger partial charge in [-0.1, -0.05) is 6.07 Å². The van der Waals surface area contributed by atoms with Gasteiger partial charge in [0.25, 0.3) is 5.91 Å². The molecule has 3 amide bonds. The number of ether oxygens (including phenoxy) is 1. The molecule has 2 aromatic heterocycles. The van der Waals surface area contributed by atoms with E-state index < -0.39 is 17.9 Å². The number of carbonyl (C=O) groups excluding carboxylic acids is 4. The van der Waals surface area contributed by atoms with Crippen LogP contribution in [0.2, 0.25) is 0 Å². The first-order valence-electron chi connectivity index (χ1n) is 11.7. The smallest absolute Gasteiger partial charge is 0.328 e. The summed E-state index contributed by atoms with van der Waals surface area (Å²) in [7, 11) is 1.22. The normalized spacial score (nSPS) is 14.8. The van der Waals surface area contributed by atoms with Crippen molar-refractivity contribution in [1.82, 2.24) is 20.5 Å². The third kappa shape index (κ3) is 7.35. The maximum atomic E-state index is 12.9. The molecule has 188 valence electrons. The minimum absolute atomic E-state index is 0.0451. The molecule has 10 heteroatoms. The lowest BCUT2D eigenvalue weighted by Crippen LogP contribution is -2.46. The van der Waals surface area contributed by atoms with Crippen molar-refractivity contribution in [1.29, 1.82) is 0 Å². The summed E-state index contributed by atoms with van der Waals surface area (Å²) in [6, 6.07) is 6.70. The molecule has 0 saturated carbocycles. The zero-order chi connectivity index (χ0) is 25.4. The van der Waals surface area contributed by atoms with Crippen LogP contribution in [-0.2, 0) is 25.5 Å². The van der Waals surface area contributed by atoms with Gasteiger partial charge in [0.05, 0.1) is 24.8 Å². The summed E-state index contributed by atoms with van der Waals surface area (Å²) in [5, 5.41) is 7.49. The monoisotopic (exact) mass is 500 g/mol. The Labute approximate surface area is 209 Å². The number of nitrogens with zero attached hydrogens (tertiary/aromatic N) is 2. The van der Waals surface area contributed by atoms with E-state index in [1.54, 1.807) is 16.2 Å². The van der Waals surface area contributed by atoms with Gasteiger partial charge in [0.2, 0.25) is 11.8 Å². The number of methoxy groups -OCH3 is 1. The number of thiophene rings is 1. The Morgan fingerprint density at radius 3 is 2.57 bits per heavy atom. The lowest BCUT2D eigenvalue weighted by atomic mass is 9.89. The first-order chi connectivity index (χ1) is 16.8. The van der Waals surface area contributed by atoms with E-state index >= 15 is 0 Å². The lowest BCUT2D eigenvalue weighted by Gasteiger charge is -2.33. The molecule has 1 aliphatic heterocycles. The van der Waals surface area contributed by atoms with Gasteiger partial charge in [-0.05, 0) is 49.8 Å². The second kappa shape index (κ2) is 12.4. The predicted molar refractivity (Wildman–Crippen MR) is 132 cm³/mol. The number of aryl methyl sites for hydroxylation is 1. The number of aromatic nitrogens is 1. The third-order valence-corrected chi connectivity index (χ3v) is 6.96. The fourth-order valence-corrected chi connectivity index (χ4v) is 4.93. The number of esters is 1. The van der Waals surface area contributed by atoms with Crippen LogP contribution in [0.3, 0.4) is 0 Å². The minimum Gasteiger partial charge on any atom is -0.467 e. The molecule has 35 heavy (non-hydrogen) atoms. The molecule has 1 atom stereocenters. The second-order valence-electron chi connectivity index (χ2n) is 8.61. The first kappa shape index (κ1) is 26.3. The van der Waals surface area contributed by atoms with Crippen LogP contribution >= 0.6 is 11.3 Å². The highest BCUT2D eigenvalue weighted by atomic mass is 32.1. The molecule has 2 aromatic rings. The number of hydrogen-bond acceptors (Lipinski definition) is 7. The zero-order valence-corrected chi connectivity index (χ0v) is 21.2. The van der Waals surface area contributed by atoms with E-state index in [0.717, 1.165) is 17.8 Å². The zero-order valence-electron chi connectivity index (χ0n) is 20.3. The van der Waals surface area contributed by atoms with Crippen LogP contribution < -0.4 is 10.6 Å². The highest BCUT2D eigenvalue weighted by Crippen LogP contribution is 2.30. The lowest BCUT2D eigenvalue weighted by molar-refractivity contribution is -0.148. The molecule has 2 N–H and O–H groups in total. The van der Waals surface area contributed by atoms with Gasteiger partial charge in [-0.15, -0.1) is 11.3 Å². The first-order valence-corrected chi connectivity index (χ1v) is 12.6. The Morgan fingerprint density at radius 1 is 1.20 bits per heavy atom. The molecule has 1 saturated heterocycles. The standard InChI is InChI=1S/C25H32N4O5S/c1-16-6-7-20(24(32)26-11-8-19-5-4-14-35-19)23(27-16)18-9-12-29(13-10-18)22(31)15-21(25(33)34-3)28-17(2)30/h4-7,14,18,21H,8-13,15H2,1-3H3,(H,26,32)(H,28,30). The van der Waals surface area contributed by atoms with Gasteiger partial charge < -0.3 is 20.3 Å². The van der Waals surface area contributed by atoms with Crippen molar-refractivity contribution in [2.45, 2.75) is 51.5 Å². The molecule has 0 spiro atoms. The predicted octanol–water partition coefficient (Wildman–Crippen LogP) is 2.20. The van der Waals surface area contributed by atoms with E-state index in [0.29, 0.717) is 38.0 Å². The van der Waals surface area contributed by atoms with Crippen molar-refractivity contribution in [3.8, 4) is 0 Å². The number of piperidine rings is 1. The Hall–Kier alpha value is -3.27. The molecular formula is C25H32N4O5S. The van der Waals surface area contributed by atoms with E-state index in [1.165, 1.54) is 18.9 Å². The summed E-state index contributed by atoms with van der Waals surface area (Å²) in [5.74, 6) is -1.38. The van der Waals surface area contributed by atoms with Crippen LogP contribution in [-0.4, -0.2) is 66.4 Å². The van der Waals surface area contributed by atoms with Crippen molar-refractivity contribution in [3.05, 3.63) is 51.5 Å². The highest BCUT2D eigenvalue weighted by molar-refractivity contribution is 7.09. The van der Waals surface area contributed by atoms with E-state index in [9.17, 15) is 19.2 Å². The van der Waals surface area contributed by atoms with Gasteiger partial charge >= 0.3 is 5.97 Å². The number of hydrogen-bond donors (Lipinski definition) is 2. The maximum Gasteiger partial charge on any atom is 0.328 e. The molecule has 1 unspecified atom stereocenters. The van der Waals surface area contributed by atoms with Crippen LogP contribution in [0.25, 0.3) is 0 Å². The minimum atomic E-state index is -1.01.